The van der Waals surface area contributed by atoms with Crippen LogP contribution in [0.15, 0.2) is 23.3 Å². The second-order valence-corrected chi connectivity index (χ2v) is 9.75. The SMILES string of the molecule is CC(C)(C)OC(=O)N[C@]1(C(=O)[O-])[C@@H]2[C@@H](C(=O)O)[C@@H]2[C@H](N=[N+]=N)[C@H]1OCc1ccc(Cl)c(Cl)c1. The molecule has 0 saturated heterocycles. The average Bonchev–Trinajstić information content (AvgIpc) is 3.37. The van der Waals surface area contributed by atoms with E-state index in [1.54, 1.807) is 26.8 Å². The second-order valence-electron chi connectivity index (χ2n) is 8.94. The van der Waals surface area contributed by atoms with Crippen molar-refractivity contribution in [2.24, 2.45) is 22.9 Å². The maximum atomic E-state index is 12.6. The molecule has 0 radical (unpaired) electrons. The Morgan fingerprint density at radius 3 is 2.48 bits per heavy atom. The Kier molecular flexibility index (Phi) is 6.72. The monoisotopic (exact) mass is 500 g/mol. The molecule has 178 valence electrons. The number of hydrogen-bond acceptors (Lipinski definition) is 8. The summed E-state index contributed by atoms with van der Waals surface area (Å²) in [6.45, 7) is 4.58. The first kappa shape index (κ1) is 24.9. The van der Waals surface area contributed by atoms with Crippen LogP contribution in [0, 0.1) is 23.3 Å². The maximum absolute atomic E-state index is 12.6. The molecule has 3 rings (SSSR count). The Balaban J connectivity index is 2.00. The third-order valence-corrected chi connectivity index (χ3v) is 6.43. The van der Waals surface area contributed by atoms with E-state index >= 15 is 0 Å². The number of hydrogen-bond donors (Lipinski definition) is 3. The lowest BCUT2D eigenvalue weighted by molar-refractivity contribution is -0.319. The van der Waals surface area contributed by atoms with E-state index in [2.05, 4.69) is 15.3 Å². The first-order valence-electron chi connectivity index (χ1n) is 9.91. The first-order chi connectivity index (χ1) is 15.3. The molecule has 2 saturated carbocycles. The number of benzene rings is 1. The lowest BCUT2D eigenvalue weighted by atomic mass is 9.86. The number of rotatable bonds is 7. The van der Waals surface area contributed by atoms with Gasteiger partial charge in [-0.25, -0.2) is 4.79 Å². The van der Waals surface area contributed by atoms with Crippen molar-refractivity contribution in [3.8, 4) is 0 Å². The van der Waals surface area contributed by atoms with Crippen molar-refractivity contribution in [3.63, 3.8) is 0 Å². The van der Waals surface area contributed by atoms with E-state index in [0.717, 1.165) is 0 Å². The van der Waals surface area contributed by atoms with Crippen LogP contribution < -0.4 is 15.3 Å². The van der Waals surface area contributed by atoms with Gasteiger partial charge in [0, 0.05) is 11.8 Å². The summed E-state index contributed by atoms with van der Waals surface area (Å²) in [5, 5.41) is 28.7. The summed E-state index contributed by atoms with van der Waals surface area (Å²) >= 11 is 11.9. The Morgan fingerprint density at radius 2 is 1.97 bits per heavy atom. The molecule has 0 heterocycles. The number of carbonyl (C=O) groups excluding carboxylic acids is 2. The third-order valence-electron chi connectivity index (χ3n) is 5.69. The van der Waals surface area contributed by atoms with E-state index in [4.69, 9.17) is 38.2 Å². The van der Waals surface area contributed by atoms with Gasteiger partial charge < -0.3 is 29.8 Å². The van der Waals surface area contributed by atoms with Crippen LogP contribution in [0.1, 0.15) is 26.3 Å². The minimum absolute atomic E-state index is 0.173. The van der Waals surface area contributed by atoms with Crippen LogP contribution in [0.4, 0.5) is 4.79 Å². The molecule has 1 amide bonds. The van der Waals surface area contributed by atoms with Gasteiger partial charge >= 0.3 is 12.1 Å². The molecule has 6 atom stereocenters. The number of aliphatic carboxylic acids is 2. The highest BCUT2D eigenvalue weighted by Gasteiger charge is 2.80. The summed E-state index contributed by atoms with van der Waals surface area (Å²) in [5.74, 6) is -6.13. The van der Waals surface area contributed by atoms with Crippen LogP contribution in [-0.2, 0) is 25.7 Å². The van der Waals surface area contributed by atoms with Gasteiger partial charge in [-0.05, 0) is 38.5 Å². The van der Waals surface area contributed by atoms with Gasteiger partial charge in [-0.15, -0.1) is 0 Å². The number of alkyl carbamates (subject to hydrolysis) is 1. The Hall–Kier alpha value is -2.72. The van der Waals surface area contributed by atoms with Gasteiger partial charge in [0.1, 0.15) is 27.9 Å². The summed E-state index contributed by atoms with van der Waals surface area (Å²) in [4.78, 5) is 39.8. The van der Waals surface area contributed by atoms with Crippen LogP contribution in [0.25, 0.3) is 0 Å². The van der Waals surface area contributed by atoms with Gasteiger partial charge in [0.25, 0.3) is 0 Å². The zero-order chi connectivity index (χ0) is 24.7. The topological polar surface area (TPSA) is 175 Å². The number of ether oxygens (including phenoxy) is 2. The van der Waals surface area contributed by atoms with Crippen molar-refractivity contribution in [3.05, 3.63) is 33.8 Å². The van der Waals surface area contributed by atoms with E-state index in [0.29, 0.717) is 10.6 Å². The molecule has 2 aliphatic carbocycles. The maximum Gasteiger partial charge on any atom is 0.408 e. The number of carboxylic acids is 2. The smallest absolute Gasteiger partial charge is 0.408 e. The predicted octanol–water partition coefficient (Wildman–Crippen LogP) is 1.77. The normalized spacial score (nSPS) is 30.0. The first-order valence-corrected chi connectivity index (χ1v) is 10.7. The van der Waals surface area contributed by atoms with Crippen LogP contribution >= 0.6 is 23.2 Å². The molecule has 13 heteroatoms. The molecule has 0 aromatic heterocycles. The number of fused-ring (bicyclic) bond motifs is 1. The molecule has 1 aromatic rings. The quantitative estimate of drug-likeness (QED) is 0.377. The van der Waals surface area contributed by atoms with E-state index in [1.807, 2.05) is 0 Å². The summed E-state index contributed by atoms with van der Waals surface area (Å²) < 4.78 is 11.1. The summed E-state index contributed by atoms with van der Waals surface area (Å²) in [7, 11) is 0. The zero-order valence-electron chi connectivity index (χ0n) is 17.9. The summed E-state index contributed by atoms with van der Waals surface area (Å²) in [5.41, 5.74) is 4.42. The van der Waals surface area contributed by atoms with Crippen LogP contribution in [-0.4, -0.2) is 46.4 Å². The van der Waals surface area contributed by atoms with Crippen LogP contribution in [0.5, 0.6) is 0 Å². The third kappa shape index (κ3) is 4.67. The van der Waals surface area contributed by atoms with Gasteiger partial charge in [-0.1, -0.05) is 29.3 Å². The Bertz CT molecular complexity index is 1040. The molecule has 33 heavy (non-hydrogen) atoms. The minimum Gasteiger partial charge on any atom is -0.547 e. The number of amides is 1. The molecule has 11 nitrogen and oxygen atoms in total. The Morgan fingerprint density at radius 1 is 1.30 bits per heavy atom. The van der Waals surface area contributed by atoms with Gasteiger partial charge in [0.15, 0.2) is 6.04 Å². The Labute approximate surface area is 198 Å². The molecule has 2 aliphatic rings. The van der Waals surface area contributed by atoms with Crippen molar-refractivity contribution in [1.82, 2.24) is 10.2 Å². The molecular formula is C20H22Cl2N4O7. The number of nitrogens with zero attached hydrogens (tertiary/aromatic N) is 2. The van der Waals surface area contributed by atoms with Crippen LogP contribution in [0.2, 0.25) is 10.0 Å². The highest BCUT2D eigenvalue weighted by atomic mass is 35.5. The average molecular weight is 501 g/mol. The van der Waals surface area contributed by atoms with Crippen molar-refractivity contribution in [2.75, 3.05) is 0 Å². The van der Waals surface area contributed by atoms with Crippen molar-refractivity contribution in [1.29, 1.82) is 5.53 Å². The van der Waals surface area contributed by atoms with Gasteiger partial charge in [-0.2, -0.15) is 0 Å². The predicted molar refractivity (Wildman–Crippen MR) is 111 cm³/mol. The van der Waals surface area contributed by atoms with Gasteiger partial charge in [0.05, 0.1) is 28.5 Å². The number of halogens is 2. The van der Waals surface area contributed by atoms with Crippen LogP contribution in [0.3, 0.4) is 0 Å². The second kappa shape index (κ2) is 8.90. The standard InChI is InChI=1S/C20H22Cl2N4O7/c1-19(2,3)33-18(31)24-20(17(29)30)13-11(12(13)16(27)28)14(25-26-23)15(20)32-7-8-4-5-9(21)10(22)6-8/h4-6,11-15,23H,7H2,1-3H3,(H2-,24,27,28,29,30,31)/t11-,12-,13-,14-,15+,20+/m0/s1. The largest absolute Gasteiger partial charge is 0.547 e. The van der Waals surface area contributed by atoms with E-state index in [-0.39, 0.29) is 11.6 Å². The number of nitrogens with one attached hydrogen (secondary N) is 2. The van der Waals surface area contributed by atoms with E-state index < -0.39 is 59.1 Å². The fraction of sp³-hybridized carbons (Fsp3) is 0.550. The fourth-order valence-corrected chi connectivity index (χ4v) is 4.83. The van der Waals surface area contributed by atoms with Gasteiger partial charge in [0.2, 0.25) is 4.91 Å². The molecule has 0 spiro atoms. The lowest BCUT2D eigenvalue weighted by Crippen LogP contribution is -2.69. The zero-order valence-corrected chi connectivity index (χ0v) is 19.4. The minimum atomic E-state index is -2.29. The number of carbonyl (C=O) groups is 3. The van der Waals surface area contributed by atoms with Gasteiger partial charge in [-0.3, -0.25) is 4.79 Å². The van der Waals surface area contributed by atoms with Crippen molar-refractivity contribution < 1.29 is 34.1 Å². The van der Waals surface area contributed by atoms with Crippen molar-refractivity contribution >= 4 is 41.2 Å². The molecular weight excluding hydrogens is 479 g/mol. The van der Waals surface area contributed by atoms with E-state index in [9.17, 15) is 24.6 Å². The summed E-state index contributed by atoms with van der Waals surface area (Å²) in [6, 6.07) is 3.51. The van der Waals surface area contributed by atoms with E-state index in [1.165, 1.54) is 12.1 Å². The molecule has 2 fully saturated rings. The molecule has 3 N–H and O–H groups in total. The molecule has 0 unspecified atom stereocenters. The lowest BCUT2D eigenvalue weighted by Gasteiger charge is -2.40. The summed E-state index contributed by atoms with van der Waals surface area (Å²) in [6.07, 6.45) is -2.49. The fourth-order valence-electron chi connectivity index (χ4n) is 4.51. The molecule has 0 aliphatic heterocycles. The molecule has 1 aromatic carbocycles. The number of carboxylic acid groups (broad SMARTS) is 2. The highest BCUT2D eigenvalue weighted by Crippen LogP contribution is 2.64. The van der Waals surface area contributed by atoms with Crippen molar-refractivity contribution in [2.45, 2.75) is 50.7 Å². The molecule has 0 bridgehead atoms. The highest BCUT2D eigenvalue weighted by molar-refractivity contribution is 6.42.